The minimum atomic E-state index is -0.435. The van der Waals surface area contributed by atoms with E-state index in [4.69, 9.17) is 23.2 Å². The zero-order chi connectivity index (χ0) is 13.7. The molecule has 0 aliphatic rings. The lowest BCUT2D eigenvalue weighted by Gasteiger charge is -2.27. The van der Waals surface area contributed by atoms with E-state index in [0.29, 0.717) is 5.82 Å². The highest BCUT2D eigenvalue weighted by Crippen LogP contribution is 2.30. The van der Waals surface area contributed by atoms with Gasteiger partial charge in [0.15, 0.2) is 5.82 Å². The summed E-state index contributed by atoms with van der Waals surface area (Å²) in [6.45, 7) is 1.97. The molecule has 1 aromatic heterocycles. The Labute approximate surface area is 122 Å². The van der Waals surface area contributed by atoms with Gasteiger partial charge < -0.3 is 4.90 Å². The van der Waals surface area contributed by atoms with Crippen molar-refractivity contribution < 1.29 is 0 Å². The van der Waals surface area contributed by atoms with E-state index in [-0.39, 0.29) is 0 Å². The molecule has 0 aliphatic carbocycles. The summed E-state index contributed by atoms with van der Waals surface area (Å²) in [5.41, 5.74) is 2.89. The molecule has 0 saturated heterocycles. The first-order valence-corrected chi connectivity index (χ1v) is 6.65. The molecule has 2 rings (SSSR count). The fourth-order valence-corrected chi connectivity index (χ4v) is 2.23. The Balaban J connectivity index is 2.49. The van der Waals surface area contributed by atoms with E-state index in [0.717, 1.165) is 11.3 Å². The number of halogens is 2. The Kier molecular flexibility index (Phi) is 4.77. The molecule has 2 aromatic rings. The maximum absolute atomic E-state index is 6.37. The Morgan fingerprint density at radius 2 is 1.95 bits per heavy atom. The van der Waals surface area contributed by atoms with Gasteiger partial charge in [-0.3, -0.25) is 0 Å². The summed E-state index contributed by atoms with van der Waals surface area (Å²) in [4.78, 5) is 1.88. The second-order valence-electron chi connectivity index (χ2n) is 3.93. The zero-order valence-electron chi connectivity index (χ0n) is 10.4. The van der Waals surface area contributed by atoms with Crippen molar-refractivity contribution in [1.82, 2.24) is 10.2 Å². The minimum absolute atomic E-state index is 0.435. The molecule has 1 atom stereocenters. The van der Waals surface area contributed by atoms with Gasteiger partial charge in [0.1, 0.15) is 5.50 Å². The molecule has 0 spiro atoms. The summed E-state index contributed by atoms with van der Waals surface area (Å²) in [6, 6.07) is 11.7. The van der Waals surface area contributed by atoms with Gasteiger partial charge in [-0.1, -0.05) is 41.4 Å². The van der Waals surface area contributed by atoms with Crippen LogP contribution in [0.3, 0.4) is 0 Å². The van der Waals surface area contributed by atoms with Crippen molar-refractivity contribution in [3.8, 4) is 0 Å². The number of anilines is 2. The fraction of sp³-hybridized carbons (Fsp3) is 0.143. The summed E-state index contributed by atoms with van der Waals surface area (Å²) in [5.74, 6) is 0.712. The average molecular weight is 294 g/mol. The molecule has 0 N–H and O–H groups in total. The van der Waals surface area contributed by atoms with Crippen molar-refractivity contribution >= 4 is 34.7 Å². The molecular weight excluding hydrogens is 281 g/mol. The van der Waals surface area contributed by atoms with E-state index >= 15 is 0 Å². The summed E-state index contributed by atoms with van der Waals surface area (Å²) in [7, 11) is 0. The van der Waals surface area contributed by atoms with Crippen LogP contribution < -0.4 is 4.90 Å². The van der Waals surface area contributed by atoms with Crippen LogP contribution in [0, 0.1) is 6.92 Å². The highest BCUT2D eigenvalue weighted by molar-refractivity contribution is 6.27. The van der Waals surface area contributed by atoms with E-state index < -0.39 is 5.50 Å². The standard InChI is InChI=1S/C14H13Cl2N3/c1-11-8-10-17-18-14(11)19(13(16)7-9-15)12-5-3-2-4-6-12/h2-10,13H,1H3/b9-7+. The second kappa shape index (κ2) is 6.55. The number of rotatable bonds is 4. The van der Waals surface area contributed by atoms with E-state index in [1.807, 2.05) is 48.2 Å². The molecule has 98 valence electrons. The van der Waals surface area contributed by atoms with Gasteiger partial charge in [-0.25, -0.2) is 0 Å². The van der Waals surface area contributed by atoms with Crippen LogP contribution in [-0.2, 0) is 0 Å². The summed E-state index contributed by atoms with van der Waals surface area (Å²) < 4.78 is 0. The van der Waals surface area contributed by atoms with Crippen molar-refractivity contribution in [3.63, 3.8) is 0 Å². The fourth-order valence-electron chi connectivity index (χ4n) is 1.74. The van der Waals surface area contributed by atoms with Crippen LogP contribution in [0.25, 0.3) is 0 Å². The molecule has 0 fully saturated rings. The molecule has 1 heterocycles. The molecule has 19 heavy (non-hydrogen) atoms. The third kappa shape index (κ3) is 3.25. The van der Waals surface area contributed by atoms with Crippen LogP contribution in [0.15, 0.2) is 54.2 Å². The summed E-state index contributed by atoms with van der Waals surface area (Å²) in [5, 5.41) is 8.10. The third-order valence-corrected chi connectivity index (χ3v) is 3.12. The quantitative estimate of drug-likeness (QED) is 0.624. The van der Waals surface area contributed by atoms with Crippen molar-refractivity contribution in [2.24, 2.45) is 0 Å². The van der Waals surface area contributed by atoms with E-state index in [2.05, 4.69) is 10.2 Å². The maximum atomic E-state index is 6.37. The molecule has 1 aromatic carbocycles. The van der Waals surface area contributed by atoms with E-state index in [1.54, 1.807) is 12.3 Å². The number of aromatic nitrogens is 2. The van der Waals surface area contributed by atoms with Crippen LogP contribution in [-0.4, -0.2) is 15.7 Å². The first-order valence-electron chi connectivity index (χ1n) is 5.77. The lowest BCUT2D eigenvalue weighted by atomic mass is 10.2. The summed E-state index contributed by atoms with van der Waals surface area (Å²) >= 11 is 12.0. The maximum Gasteiger partial charge on any atom is 0.160 e. The smallest absolute Gasteiger partial charge is 0.160 e. The number of para-hydroxylation sites is 1. The largest absolute Gasteiger partial charge is 0.304 e. The Morgan fingerprint density at radius 1 is 1.21 bits per heavy atom. The van der Waals surface area contributed by atoms with Crippen LogP contribution >= 0.6 is 23.2 Å². The number of nitrogens with zero attached hydrogens (tertiary/aromatic N) is 3. The highest BCUT2D eigenvalue weighted by atomic mass is 35.5. The summed E-state index contributed by atoms with van der Waals surface area (Å²) in [6.07, 6.45) is 3.34. The average Bonchev–Trinajstić information content (AvgIpc) is 2.43. The second-order valence-corrected chi connectivity index (χ2v) is 4.63. The van der Waals surface area contributed by atoms with Gasteiger partial charge in [0.05, 0.1) is 6.20 Å². The topological polar surface area (TPSA) is 29.0 Å². The van der Waals surface area contributed by atoms with Crippen LogP contribution in [0.5, 0.6) is 0 Å². The molecule has 0 radical (unpaired) electrons. The van der Waals surface area contributed by atoms with Gasteiger partial charge in [0.25, 0.3) is 0 Å². The highest BCUT2D eigenvalue weighted by Gasteiger charge is 2.19. The third-order valence-electron chi connectivity index (χ3n) is 2.64. The Bertz CT molecular complexity index is 558. The lowest BCUT2D eigenvalue weighted by Crippen LogP contribution is -2.26. The van der Waals surface area contributed by atoms with E-state index in [9.17, 15) is 0 Å². The van der Waals surface area contributed by atoms with E-state index in [1.165, 1.54) is 5.54 Å². The first-order chi connectivity index (χ1) is 9.24. The number of aryl methyl sites for hydroxylation is 1. The van der Waals surface area contributed by atoms with Crippen LogP contribution in [0.1, 0.15) is 5.56 Å². The molecule has 0 bridgehead atoms. The van der Waals surface area contributed by atoms with Gasteiger partial charge in [0, 0.05) is 11.2 Å². The van der Waals surface area contributed by atoms with Crippen LogP contribution in [0.4, 0.5) is 11.5 Å². The molecule has 3 nitrogen and oxygen atoms in total. The predicted octanol–water partition coefficient (Wildman–Crippen LogP) is 4.24. The number of hydrogen-bond acceptors (Lipinski definition) is 3. The van der Waals surface area contributed by atoms with Crippen molar-refractivity contribution in [2.45, 2.75) is 12.4 Å². The number of hydrogen-bond donors (Lipinski definition) is 0. The number of benzene rings is 1. The Morgan fingerprint density at radius 3 is 2.58 bits per heavy atom. The zero-order valence-corrected chi connectivity index (χ0v) is 11.9. The van der Waals surface area contributed by atoms with Crippen molar-refractivity contribution in [1.29, 1.82) is 0 Å². The van der Waals surface area contributed by atoms with Crippen molar-refractivity contribution in [3.05, 3.63) is 59.8 Å². The molecule has 0 amide bonds. The predicted molar refractivity (Wildman–Crippen MR) is 80.0 cm³/mol. The molecule has 5 heteroatoms. The Hall–Kier alpha value is -1.58. The van der Waals surface area contributed by atoms with Gasteiger partial charge in [-0.2, -0.15) is 5.10 Å². The molecule has 1 unspecified atom stereocenters. The molecule has 0 saturated carbocycles. The number of alkyl halides is 1. The van der Waals surface area contributed by atoms with Gasteiger partial charge in [-0.05, 0) is 36.8 Å². The first kappa shape index (κ1) is 13.8. The molecule has 0 aliphatic heterocycles. The van der Waals surface area contributed by atoms with Crippen molar-refractivity contribution in [2.75, 3.05) is 4.90 Å². The lowest BCUT2D eigenvalue weighted by molar-refractivity contribution is 0.918. The van der Waals surface area contributed by atoms with Gasteiger partial charge >= 0.3 is 0 Å². The monoisotopic (exact) mass is 293 g/mol. The normalized spacial score (nSPS) is 12.6. The van der Waals surface area contributed by atoms with Gasteiger partial charge in [-0.15, -0.1) is 5.10 Å². The van der Waals surface area contributed by atoms with Crippen LogP contribution in [0.2, 0.25) is 0 Å². The van der Waals surface area contributed by atoms with Gasteiger partial charge in [0.2, 0.25) is 0 Å². The minimum Gasteiger partial charge on any atom is -0.304 e. The molecular formula is C14H13Cl2N3. The SMILES string of the molecule is Cc1ccnnc1N(c1ccccc1)C(Cl)/C=C/Cl.